The van der Waals surface area contributed by atoms with Crippen molar-refractivity contribution in [3.05, 3.63) is 48.4 Å². The molecule has 1 fully saturated rings. The molecule has 0 spiro atoms. The van der Waals surface area contributed by atoms with Crippen molar-refractivity contribution in [3.8, 4) is 5.75 Å². The number of hydrogen-bond donors (Lipinski definition) is 1. The molecule has 1 aromatic heterocycles. The van der Waals surface area contributed by atoms with Gasteiger partial charge in [0.25, 0.3) is 0 Å². The summed E-state index contributed by atoms with van der Waals surface area (Å²) in [5.74, 6) is 1.68. The van der Waals surface area contributed by atoms with Gasteiger partial charge in [0.15, 0.2) is 0 Å². The van der Waals surface area contributed by atoms with Crippen molar-refractivity contribution in [1.82, 2.24) is 20.2 Å². The monoisotopic (exact) mass is 341 g/mol. The third-order valence-electron chi connectivity index (χ3n) is 4.08. The average molecular weight is 341 g/mol. The minimum atomic E-state index is -0.0494. The fourth-order valence-electron chi connectivity index (χ4n) is 2.74. The highest BCUT2D eigenvalue weighted by atomic mass is 16.5. The average Bonchev–Trinajstić information content (AvgIpc) is 2.66. The van der Waals surface area contributed by atoms with Gasteiger partial charge < -0.3 is 19.9 Å². The van der Waals surface area contributed by atoms with E-state index in [2.05, 4.69) is 20.2 Å². The van der Waals surface area contributed by atoms with Crippen molar-refractivity contribution < 1.29 is 9.53 Å². The van der Waals surface area contributed by atoms with Crippen molar-refractivity contribution in [1.29, 1.82) is 0 Å². The Morgan fingerprint density at radius 1 is 1.24 bits per heavy atom. The Kier molecular flexibility index (Phi) is 5.66. The fraction of sp³-hybridized carbons (Fsp3) is 0.389. The second-order valence-corrected chi connectivity index (χ2v) is 5.93. The van der Waals surface area contributed by atoms with E-state index in [9.17, 15) is 4.79 Å². The van der Waals surface area contributed by atoms with Crippen molar-refractivity contribution >= 4 is 11.8 Å². The van der Waals surface area contributed by atoms with Crippen LogP contribution in [-0.4, -0.2) is 60.2 Å². The van der Waals surface area contributed by atoms with Gasteiger partial charge in [0.2, 0.25) is 0 Å². The highest BCUT2D eigenvalue weighted by Crippen LogP contribution is 2.12. The summed E-state index contributed by atoms with van der Waals surface area (Å²) in [5.41, 5.74) is 1.16. The van der Waals surface area contributed by atoms with Crippen LogP contribution in [-0.2, 0) is 0 Å². The molecule has 1 aliphatic rings. The van der Waals surface area contributed by atoms with E-state index < -0.39 is 0 Å². The van der Waals surface area contributed by atoms with E-state index in [1.165, 1.54) is 0 Å². The zero-order valence-corrected chi connectivity index (χ0v) is 14.4. The van der Waals surface area contributed by atoms with Crippen LogP contribution in [0.3, 0.4) is 0 Å². The number of amides is 2. The second kappa shape index (κ2) is 8.32. The Morgan fingerprint density at radius 2 is 2.08 bits per heavy atom. The smallest absolute Gasteiger partial charge is 0.317 e. The summed E-state index contributed by atoms with van der Waals surface area (Å²) in [4.78, 5) is 24.6. The Balaban J connectivity index is 1.37. The number of ether oxygens (including phenoxy) is 1. The summed E-state index contributed by atoms with van der Waals surface area (Å²) >= 11 is 0. The molecule has 0 radical (unpaired) electrons. The highest BCUT2D eigenvalue weighted by Gasteiger charge is 2.21. The van der Waals surface area contributed by atoms with E-state index in [0.29, 0.717) is 26.2 Å². The molecule has 7 nitrogen and oxygen atoms in total. The molecule has 0 atom stereocenters. The number of urea groups is 1. The molecular formula is C18H23N5O2. The molecule has 2 amide bonds. The maximum absolute atomic E-state index is 12.2. The van der Waals surface area contributed by atoms with Crippen LogP contribution in [0.1, 0.15) is 5.56 Å². The Bertz CT molecular complexity index is 687. The first-order valence-corrected chi connectivity index (χ1v) is 8.45. The summed E-state index contributed by atoms with van der Waals surface area (Å²) in [5, 5.41) is 2.91. The van der Waals surface area contributed by atoms with E-state index >= 15 is 0 Å². The molecule has 1 N–H and O–H groups in total. The van der Waals surface area contributed by atoms with Gasteiger partial charge in [-0.15, -0.1) is 0 Å². The number of aromatic nitrogens is 2. The van der Waals surface area contributed by atoms with Crippen LogP contribution in [0.4, 0.5) is 10.6 Å². The topological polar surface area (TPSA) is 70.6 Å². The predicted octanol–water partition coefficient (Wildman–Crippen LogP) is 1.70. The summed E-state index contributed by atoms with van der Waals surface area (Å²) in [6, 6.07) is 7.83. The molecule has 25 heavy (non-hydrogen) atoms. The van der Waals surface area contributed by atoms with Crippen LogP contribution in [0.5, 0.6) is 5.75 Å². The lowest BCUT2D eigenvalue weighted by atomic mass is 10.2. The summed E-state index contributed by atoms with van der Waals surface area (Å²) < 4.78 is 5.64. The predicted molar refractivity (Wildman–Crippen MR) is 95.9 cm³/mol. The maximum atomic E-state index is 12.2. The second-order valence-electron chi connectivity index (χ2n) is 5.93. The van der Waals surface area contributed by atoms with Crippen molar-refractivity contribution in [2.24, 2.45) is 0 Å². The molecule has 0 aliphatic carbocycles. The van der Waals surface area contributed by atoms with E-state index in [4.69, 9.17) is 4.74 Å². The molecule has 3 rings (SSSR count). The van der Waals surface area contributed by atoms with Gasteiger partial charge in [-0.2, -0.15) is 0 Å². The lowest BCUT2D eigenvalue weighted by molar-refractivity contribution is 0.191. The number of anilines is 1. The zero-order valence-electron chi connectivity index (χ0n) is 14.4. The summed E-state index contributed by atoms with van der Waals surface area (Å²) in [7, 11) is 0. The standard InChI is InChI=1S/C18H23N5O2/c1-15-3-2-4-16(13-15)25-12-7-21-18(24)23-10-8-22(9-11-23)17-14-19-5-6-20-17/h2-6,13-14H,7-12H2,1H3,(H,21,24). The number of rotatable bonds is 5. The normalized spacial score (nSPS) is 14.3. The largest absolute Gasteiger partial charge is 0.492 e. The minimum Gasteiger partial charge on any atom is -0.492 e. The van der Waals surface area contributed by atoms with Gasteiger partial charge in [-0.1, -0.05) is 12.1 Å². The molecule has 1 aromatic carbocycles. The molecule has 2 heterocycles. The van der Waals surface area contributed by atoms with Gasteiger partial charge in [-0.3, -0.25) is 4.98 Å². The van der Waals surface area contributed by atoms with E-state index in [1.807, 2.05) is 36.1 Å². The summed E-state index contributed by atoms with van der Waals surface area (Å²) in [6.45, 7) is 5.81. The molecule has 0 bridgehead atoms. The van der Waals surface area contributed by atoms with E-state index in [-0.39, 0.29) is 6.03 Å². The van der Waals surface area contributed by atoms with Crippen LogP contribution in [0.2, 0.25) is 0 Å². The molecule has 0 saturated carbocycles. The lowest BCUT2D eigenvalue weighted by Crippen LogP contribution is -2.52. The molecule has 7 heteroatoms. The number of aryl methyl sites for hydroxylation is 1. The SMILES string of the molecule is Cc1cccc(OCCNC(=O)N2CCN(c3cnccn3)CC2)c1. The highest BCUT2D eigenvalue weighted by molar-refractivity contribution is 5.74. The third kappa shape index (κ3) is 4.82. The Labute approximate surface area is 147 Å². The first-order valence-electron chi connectivity index (χ1n) is 8.45. The molecule has 2 aromatic rings. The first kappa shape index (κ1) is 17.0. The first-order chi connectivity index (χ1) is 12.2. The number of carbonyl (C=O) groups is 1. The quantitative estimate of drug-likeness (QED) is 0.838. The van der Waals surface area contributed by atoms with Crippen LogP contribution in [0.15, 0.2) is 42.9 Å². The number of benzene rings is 1. The lowest BCUT2D eigenvalue weighted by Gasteiger charge is -2.35. The third-order valence-corrected chi connectivity index (χ3v) is 4.08. The molecule has 1 saturated heterocycles. The van der Waals surface area contributed by atoms with E-state index in [1.54, 1.807) is 18.6 Å². The molecule has 132 valence electrons. The van der Waals surface area contributed by atoms with Crippen LogP contribution < -0.4 is 15.0 Å². The zero-order chi connectivity index (χ0) is 17.5. The molecular weight excluding hydrogens is 318 g/mol. The number of nitrogens with zero attached hydrogens (tertiary/aromatic N) is 4. The van der Waals surface area contributed by atoms with Gasteiger partial charge in [0.1, 0.15) is 18.2 Å². The van der Waals surface area contributed by atoms with Gasteiger partial charge in [-0.05, 0) is 24.6 Å². The molecule has 1 aliphatic heterocycles. The molecule has 0 unspecified atom stereocenters. The maximum Gasteiger partial charge on any atom is 0.317 e. The van der Waals surface area contributed by atoms with E-state index in [0.717, 1.165) is 30.2 Å². The van der Waals surface area contributed by atoms with Crippen LogP contribution in [0, 0.1) is 6.92 Å². The van der Waals surface area contributed by atoms with Crippen molar-refractivity contribution in [2.45, 2.75) is 6.92 Å². The van der Waals surface area contributed by atoms with Crippen molar-refractivity contribution in [2.75, 3.05) is 44.2 Å². The van der Waals surface area contributed by atoms with Gasteiger partial charge in [0, 0.05) is 38.6 Å². The van der Waals surface area contributed by atoms with Gasteiger partial charge in [0.05, 0.1) is 12.7 Å². The van der Waals surface area contributed by atoms with Crippen LogP contribution >= 0.6 is 0 Å². The number of nitrogens with one attached hydrogen (secondary N) is 1. The fourth-order valence-corrected chi connectivity index (χ4v) is 2.74. The number of piperazine rings is 1. The van der Waals surface area contributed by atoms with Gasteiger partial charge in [-0.25, -0.2) is 9.78 Å². The number of carbonyl (C=O) groups excluding carboxylic acids is 1. The van der Waals surface area contributed by atoms with Gasteiger partial charge >= 0.3 is 6.03 Å². The van der Waals surface area contributed by atoms with Crippen molar-refractivity contribution in [3.63, 3.8) is 0 Å². The summed E-state index contributed by atoms with van der Waals surface area (Å²) in [6.07, 6.45) is 5.09. The van der Waals surface area contributed by atoms with Crippen LogP contribution in [0.25, 0.3) is 0 Å². The number of hydrogen-bond acceptors (Lipinski definition) is 5. The Morgan fingerprint density at radius 3 is 2.80 bits per heavy atom. The Hall–Kier alpha value is -2.83. The minimum absolute atomic E-state index is 0.0494.